The number of piperidine rings is 1. The lowest BCUT2D eigenvalue weighted by Gasteiger charge is -2.25. The van der Waals surface area contributed by atoms with Crippen molar-refractivity contribution in [2.24, 2.45) is 0 Å². The molecule has 1 fully saturated rings. The molecule has 5 nitrogen and oxygen atoms in total. The molecule has 0 aromatic heterocycles. The smallest absolute Gasteiger partial charge is 0.273 e. The van der Waals surface area contributed by atoms with E-state index in [2.05, 4.69) is 0 Å². The second kappa shape index (κ2) is 5.05. The zero-order chi connectivity index (χ0) is 12.3. The van der Waals surface area contributed by atoms with Crippen LogP contribution in [0.3, 0.4) is 0 Å². The summed E-state index contributed by atoms with van der Waals surface area (Å²) in [5.74, 6) is 0.217. The van der Waals surface area contributed by atoms with Crippen LogP contribution in [0.1, 0.15) is 18.4 Å². The van der Waals surface area contributed by atoms with Crippen molar-refractivity contribution in [3.8, 4) is 0 Å². The normalized spacial score (nSPS) is 17.1. The highest BCUT2D eigenvalue weighted by molar-refractivity contribution is 5.81. The molecule has 0 saturated carbocycles. The molecule has 0 aliphatic carbocycles. The van der Waals surface area contributed by atoms with Crippen LogP contribution in [0, 0.1) is 10.1 Å². The summed E-state index contributed by atoms with van der Waals surface area (Å²) in [6.07, 6.45) is 1.48. The van der Waals surface area contributed by atoms with Gasteiger partial charge in [0.25, 0.3) is 5.69 Å². The predicted molar refractivity (Wildman–Crippen MR) is 62.6 cm³/mol. The van der Waals surface area contributed by atoms with E-state index in [9.17, 15) is 14.9 Å². The number of rotatable bonds is 3. The Morgan fingerprint density at radius 2 is 2.12 bits per heavy atom. The van der Waals surface area contributed by atoms with Crippen molar-refractivity contribution >= 4 is 11.5 Å². The maximum Gasteiger partial charge on any atom is 0.273 e. The van der Waals surface area contributed by atoms with Gasteiger partial charge in [-0.1, -0.05) is 18.2 Å². The van der Waals surface area contributed by atoms with Crippen molar-refractivity contribution in [1.29, 1.82) is 0 Å². The minimum absolute atomic E-state index is 0.130. The molecule has 1 heterocycles. The maximum atomic E-state index is 11.3. The van der Waals surface area contributed by atoms with Crippen LogP contribution in [-0.4, -0.2) is 28.7 Å². The number of carbonyl (C=O) groups excluding carboxylic acids is 1. The van der Waals surface area contributed by atoms with Crippen LogP contribution in [0.25, 0.3) is 0 Å². The number of Topliss-reactive ketones (excluding diaryl/α,β-unsaturated/α-hetero) is 1. The molecule has 0 atom stereocenters. The zero-order valence-electron chi connectivity index (χ0n) is 9.46. The number of hydrogen-bond donors (Lipinski definition) is 0. The van der Waals surface area contributed by atoms with Crippen molar-refractivity contribution in [2.45, 2.75) is 19.4 Å². The van der Waals surface area contributed by atoms with Gasteiger partial charge in [0, 0.05) is 24.6 Å². The summed E-state index contributed by atoms with van der Waals surface area (Å²) in [6.45, 7) is 1.72. The van der Waals surface area contributed by atoms with E-state index in [1.807, 2.05) is 4.90 Å². The molecule has 1 aliphatic rings. The first-order chi connectivity index (χ1) is 8.16. The SMILES string of the molecule is O=C1CCCN(Cc2ccccc2[N+](=O)[O-])C1. The predicted octanol–water partition coefficient (Wildman–Crippen LogP) is 1.76. The van der Waals surface area contributed by atoms with Crippen LogP contribution in [0.15, 0.2) is 24.3 Å². The van der Waals surface area contributed by atoms with Crippen molar-refractivity contribution in [3.05, 3.63) is 39.9 Å². The molecule has 17 heavy (non-hydrogen) atoms. The molecular weight excluding hydrogens is 220 g/mol. The Bertz CT molecular complexity index is 445. The third-order valence-electron chi connectivity index (χ3n) is 2.91. The monoisotopic (exact) mass is 234 g/mol. The Morgan fingerprint density at radius 1 is 1.35 bits per heavy atom. The lowest BCUT2D eigenvalue weighted by Crippen LogP contribution is -2.35. The van der Waals surface area contributed by atoms with Gasteiger partial charge in [0.15, 0.2) is 0 Å². The summed E-state index contributed by atoms with van der Waals surface area (Å²) < 4.78 is 0. The first kappa shape index (κ1) is 11.7. The molecule has 1 aromatic carbocycles. The summed E-state index contributed by atoms with van der Waals surface area (Å²) in [6, 6.07) is 6.69. The summed E-state index contributed by atoms with van der Waals surface area (Å²) in [4.78, 5) is 23.7. The number of nitro benzene ring substituents is 1. The van der Waals surface area contributed by atoms with E-state index < -0.39 is 0 Å². The van der Waals surface area contributed by atoms with Crippen LogP contribution in [0.4, 0.5) is 5.69 Å². The fraction of sp³-hybridized carbons (Fsp3) is 0.417. The second-order valence-corrected chi connectivity index (χ2v) is 4.24. The van der Waals surface area contributed by atoms with E-state index in [-0.39, 0.29) is 16.4 Å². The van der Waals surface area contributed by atoms with Gasteiger partial charge >= 0.3 is 0 Å². The number of nitrogens with zero attached hydrogens (tertiary/aromatic N) is 2. The Labute approximate surface area is 99.2 Å². The van der Waals surface area contributed by atoms with Gasteiger partial charge in [-0.05, 0) is 13.0 Å². The Balaban J connectivity index is 2.12. The van der Waals surface area contributed by atoms with Crippen LogP contribution >= 0.6 is 0 Å². The molecule has 0 N–H and O–H groups in total. The van der Waals surface area contributed by atoms with Gasteiger partial charge in [-0.15, -0.1) is 0 Å². The van der Waals surface area contributed by atoms with Crippen molar-refractivity contribution < 1.29 is 9.72 Å². The number of nitro groups is 1. The van der Waals surface area contributed by atoms with Crippen LogP contribution in [0.5, 0.6) is 0 Å². The number of ketones is 1. The van der Waals surface area contributed by atoms with Crippen LogP contribution < -0.4 is 0 Å². The average molecular weight is 234 g/mol. The van der Waals surface area contributed by atoms with Gasteiger partial charge in [0.2, 0.25) is 0 Å². The second-order valence-electron chi connectivity index (χ2n) is 4.24. The van der Waals surface area contributed by atoms with Crippen molar-refractivity contribution in [2.75, 3.05) is 13.1 Å². The van der Waals surface area contributed by atoms with E-state index >= 15 is 0 Å². The molecule has 2 rings (SSSR count). The molecule has 90 valence electrons. The molecule has 0 unspecified atom stereocenters. The minimum Gasteiger partial charge on any atom is -0.298 e. The van der Waals surface area contributed by atoms with Gasteiger partial charge in [0.1, 0.15) is 5.78 Å². The van der Waals surface area contributed by atoms with E-state index in [0.717, 1.165) is 13.0 Å². The summed E-state index contributed by atoms with van der Waals surface area (Å²) in [5, 5.41) is 10.8. The van der Waals surface area contributed by atoms with E-state index in [1.54, 1.807) is 18.2 Å². The summed E-state index contributed by atoms with van der Waals surface area (Å²) in [7, 11) is 0. The first-order valence-corrected chi connectivity index (χ1v) is 5.63. The molecule has 1 aliphatic heterocycles. The van der Waals surface area contributed by atoms with Crippen LogP contribution in [-0.2, 0) is 11.3 Å². The molecule has 0 radical (unpaired) electrons. The Hall–Kier alpha value is -1.75. The number of carbonyl (C=O) groups is 1. The number of hydrogen-bond acceptors (Lipinski definition) is 4. The lowest BCUT2D eigenvalue weighted by atomic mass is 10.1. The van der Waals surface area contributed by atoms with E-state index in [1.165, 1.54) is 6.07 Å². The molecule has 5 heteroatoms. The fourth-order valence-corrected chi connectivity index (χ4v) is 2.11. The number of likely N-dealkylation sites (tertiary alicyclic amines) is 1. The average Bonchev–Trinajstić information content (AvgIpc) is 2.29. The first-order valence-electron chi connectivity index (χ1n) is 5.63. The highest BCUT2D eigenvalue weighted by Crippen LogP contribution is 2.20. The highest BCUT2D eigenvalue weighted by Gasteiger charge is 2.20. The number of benzene rings is 1. The van der Waals surface area contributed by atoms with Gasteiger partial charge in [-0.3, -0.25) is 19.8 Å². The van der Waals surface area contributed by atoms with Gasteiger partial charge in [0.05, 0.1) is 11.5 Å². The molecular formula is C12H14N2O3. The zero-order valence-corrected chi connectivity index (χ0v) is 9.46. The molecule has 0 spiro atoms. The molecule has 1 aromatic rings. The molecule has 1 saturated heterocycles. The molecule has 0 bridgehead atoms. The third kappa shape index (κ3) is 2.88. The quantitative estimate of drug-likeness (QED) is 0.590. The van der Waals surface area contributed by atoms with Crippen LogP contribution in [0.2, 0.25) is 0 Å². The topological polar surface area (TPSA) is 63.5 Å². The minimum atomic E-state index is -0.374. The van der Waals surface area contributed by atoms with Gasteiger partial charge in [-0.2, -0.15) is 0 Å². The van der Waals surface area contributed by atoms with Gasteiger partial charge < -0.3 is 0 Å². The lowest BCUT2D eigenvalue weighted by molar-refractivity contribution is -0.385. The Morgan fingerprint density at radius 3 is 2.82 bits per heavy atom. The van der Waals surface area contributed by atoms with E-state index in [0.29, 0.717) is 25.1 Å². The molecule has 0 amide bonds. The Kier molecular flexibility index (Phi) is 3.49. The summed E-state index contributed by atoms with van der Waals surface area (Å²) in [5.41, 5.74) is 0.803. The standard InChI is InChI=1S/C12H14N2O3/c15-11-5-3-7-13(9-11)8-10-4-1-2-6-12(10)14(16)17/h1-2,4,6H,3,5,7-9H2. The highest BCUT2D eigenvalue weighted by atomic mass is 16.6. The fourth-order valence-electron chi connectivity index (χ4n) is 2.11. The number of para-hydroxylation sites is 1. The van der Waals surface area contributed by atoms with E-state index in [4.69, 9.17) is 0 Å². The van der Waals surface area contributed by atoms with Crippen molar-refractivity contribution in [1.82, 2.24) is 4.90 Å². The maximum absolute atomic E-state index is 11.3. The van der Waals surface area contributed by atoms with Crippen molar-refractivity contribution in [3.63, 3.8) is 0 Å². The largest absolute Gasteiger partial charge is 0.298 e. The third-order valence-corrected chi connectivity index (χ3v) is 2.91. The van der Waals surface area contributed by atoms with Gasteiger partial charge in [-0.25, -0.2) is 0 Å². The summed E-state index contributed by atoms with van der Waals surface area (Å²) >= 11 is 0.